The van der Waals surface area contributed by atoms with Gasteiger partial charge < -0.3 is 20.3 Å². The van der Waals surface area contributed by atoms with E-state index in [4.69, 9.17) is 10.3 Å². The quantitative estimate of drug-likeness (QED) is 0.835. The molecule has 106 valence electrons. The van der Waals surface area contributed by atoms with Crippen LogP contribution < -0.4 is 5.73 Å². The molecule has 3 rings (SSSR count). The van der Waals surface area contributed by atoms with Crippen LogP contribution in [0.4, 0.5) is 5.69 Å². The first-order valence-electron chi connectivity index (χ1n) is 6.88. The molecule has 5 heteroatoms. The molecule has 20 heavy (non-hydrogen) atoms. The van der Waals surface area contributed by atoms with Crippen LogP contribution in [0.5, 0.6) is 0 Å². The van der Waals surface area contributed by atoms with Crippen LogP contribution in [0.3, 0.4) is 0 Å². The Labute approximate surface area is 118 Å². The van der Waals surface area contributed by atoms with Crippen molar-refractivity contribution in [3.8, 4) is 11.3 Å². The Bertz CT molecular complexity index is 611. The van der Waals surface area contributed by atoms with Gasteiger partial charge in [-0.3, -0.25) is 0 Å². The van der Waals surface area contributed by atoms with Crippen LogP contribution in [0, 0.1) is 0 Å². The van der Waals surface area contributed by atoms with Gasteiger partial charge in [-0.1, -0.05) is 24.2 Å². The molecule has 0 saturated carbocycles. The van der Waals surface area contributed by atoms with Crippen LogP contribution in [-0.4, -0.2) is 34.8 Å². The maximum absolute atomic E-state index is 10.7. The van der Waals surface area contributed by atoms with Crippen molar-refractivity contribution in [2.45, 2.75) is 18.9 Å². The van der Waals surface area contributed by atoms with E-state index in [1.807, 2.05) is 30.3 Å². The number of likely N-dealkylation sites (tertiary alicyclic amines) is 1. The van der Waals surface area contributed by atoms with E-state index in [0.29, 0.717) is 30.1 Å². The topological polar surface area (TPSA) is 75.5 Å². The van der Waals surface area contributed by atoms with Gasteiger partial charge in [-0.05, 0) is 25.1 Å². The average molecular weight is 273 g/mol. The molecule has 5 nitrogen and oxygen atoms in total. The zero-order valence-electron chi connectivity index (χ0n) is 11.5. The van der Waals surface area contributed by atoms with Crippen molar-refractivity contribution in [1.29, 1.82) is 0 Å². The molecule has 2 heterocycles. The summed E-state index contributed by atoms with van der Waals surface area (Å²) >= 11 is 0. The van der Waals surface area contributed by atoms with Gasteiger partial charge in [0.2, 0.25) is 0 Å². The van der Waals surface area contributed by atoms with E-state index in [1.54, 1.807) is 0 Å². The van der Waals surface area contributed by atoms with E-state index in [0.717, 1.165) is 18.7 Å². The third-order valence-electron chi connectivity index (χ3n) is 3.93. The van der Waals surface area contributed by atoms with E-state index in [-0.39, 0.29) is 0 Å². The van der Waals surface area contributed by atoms with Gasteiger partial charge in [0.25, 0.3) is 0 Å². The van der Waals surface area contributed by atoms with Crippen LogP contribution in [-0.2, 0) is 5.60 Å². The number of hydrogen-bond acceptors (Lipinski definition) is 5. The molecule has 0 unspecified atom stereocenters. The molecule has 0 aliphatic carbocycles. The second-order valence-electron chi connectivity index (χ2n) is 5.35. The summed E-state index contributed by atoms with van der Waals surface area (Å²) in [6.45, 7) is 4.51. The lowest BCUT2D eigenvalue weighted by Crippen LogP contribution is -2.30. The van der Waals surface area contributed by atoms with Crippen molar-refractivity contribution in [2.24, 2.45) is 0 Å². The molecular formula is C15H19N3O2. The Hall–Kier alpha value is -1.85. The maximum Gasteiger partial charge on any atom is 0.167 e. The molecule has 1 saturated heterocycles. The van der Waals surface area contributed by atoms with Crippen molar-refractivity contribution in [3.63, 3.8) is 0 Å². The fourth-order valence-corrected chi connectivity index (χ4v) is 2.67. The van der Waals surface area contributed by atoms with E-state index in [2.05, 4.69) is 17.0 Å². The molecule has 1 aliphatic rings. The molecule has 0 amide bonds. The highest BCUT2D eigenvalue weighted by atomic mass is 16.5. The zero-order valence-corrected chi connectivity index (χ0v) is 11.5. The summed E-state index contributed by atoms with van der Waals surface area (Å²) < 4.78 is 5.37. The van der Waals surface area contributed by atoms with E-state index in [1.165, 1.54) is 0 Å². The number of β-amino-alcohol motifs (C(OH)–C–C–N with tert-alkyl or cyclic N) is 1. The molecule has 1 atom stereocenters. The lowest BCUT2D eigenvalue weighted by atomic mass is 9.98. The molecule has 0 spiro atoms. The Kier molecular flexibility index (Phi) is 3.23. The monoisotopic (exact) mass is 273 g/mol. The van der Waals surface area contributed by atoms with Crippen molar-refractivity contribution >= 4 is 5.69 Å². The number of likely N-dealkylation sites (N-methyl/N-ethyl adjacent to an activating group) is 1. The van der Waals surface area contributed by atoms with E-state index in [9.17, 15) is 5.11 Å². The molecule has 1 aromatic carbocycles. The Morgan fingerprint density at radius 2 is 2.30 bits per heavy atom. The highest BCUT2D eigenvalue weighted by molar-refractivity contribution is 5.62. The van der Waals surface area contributed by atoms with Gasteiger partial charge in [-0.2, -0.15) is 0 Å². The van der Waals surface area contributed by atoms with Crippen molar-refractivity contribution in [2.75, 3.05) is 25.4 Å². The van der Waals surface area contributed by atoms with E-state index < -0.39 is 5.60 Å². The van der Waals surface area contributed by atoms with Crippen LogP contribution >= 0.6 is 0 Å². The van der Waals surface area contributed by atoms with Gasteiger partial charge in [-0.15, -0.1) is 0 Å². The van der Waals surface area contributed by atoms with Crippen LogP contribution in [0.15, 0.2) is 34.9 Å². The number of nitrogens with zero attached hydrogens (tertiary/aromatic N) is 2. The number of aromatic nitrogens is 1. The smallest absolute Gasteiger partial charge is 0.167 e. The zero-order chi connectivity index (χ0) is 14.2. The van der Waals surface area contributed by atoms with Gasteiger partial charge in [-0.25, -0.2) is 0 Å². The molecule has 0 radical (unpaired) electrons. The summed E-state index contributed by atoms with van der Waals surface area (Å²) in [5.74, 6) is 0.635. The van der Waals surface area contributed by atoms with Crippen LogP contribution in [0.2, 0.25) is 0 Å². The lowest BCUT2D eigenvalue weighted by molar-refractivity contribution is 0.0393. The van der Waals surface area contributed by atoms with Crippen LogP contribution in [0.1, 0.15) is 19.0 Å². The second kappa shape index (κ2) is 4.92. The summed E-state index contributed by atoms with van der Waals surface area (Å²) in [5, 5.41) is 14.7. The number of nitrogen functional groups attached to an aromatic ring is 1. The van der Waals surface area contributed by atoms with Gasteiger partial charge >= 0.3 is 0 Å². The predicted octanol–water partition coefficient (Wildman–Crippen LogP) is 1.84. The Morgan fingerprint density at radius 3 is 3.00 bits per heavy atom. The largest absolute Gasteiger partial charge is 0.399 e. The number of benzene rings is 1. The SMILES string of the molecule is CCN1CC[C@](O)(c2cc(-c3cccc(N)c3)on2)C1. The summed E-state index contributed by atoms with van der Waals surface area (Å²) in [6.07, 6.45) is 0.684. The highest BCUT2D eigenvalue weighted by Gasteiger charge is 2.39. The Balaban J connectivity index is 1.87. The normalized spacial score (nSPS) is 23.3. The average Bonchev–Trinajstić information content (AvgIpc) is 3.06. The number of anilines is 1. The van der Waals surface area contributed by atoms with Gasteiger partial charge in [0.05, 0.1) is 0 Å². The van der Waals surface area contributed by atoms with Crippen molar-refractivity contribution in [1.82, 2.24) is 10.1 Å². The molecule has 3 N–H and O–H groups in total. The molecule has 1 aliphatic heterocycles. The fourth-order valence-electron chi connectivity index (χ4n) is 2.67. The molecule has 2 aromatic rings. The minimum absolute atomic E-state index is 0.603. The Morgan fingerprint density at radius 1 is 1.45 bits per heavy atom. The number of hydrogen-bond donors (Lipinski definition) is 2. The number of aliphatic hydroxyl groups is 1. The molecule has 1 aromatic heterocycles. The molecule has 0 bridgehead atoms. The minimum atomic E-state index is -0.905. The van der Waals surface area contributed by atoms with Crippen molar-refractivity contribution < 1.29 is 9.63 Å². The summed E-state index contributed by atoms with van der Waals surface area (Å²) in [7, 11) is 0. The van der Waals surface area contributed by atoms with E-state index >= 15 is 0 Å². The standard InChI is InChI=1S/C15H19N3O2/c1-2-18-7-6-15(19,10-18)14-9-13(20-17-14)11-4-3-5-12(16)8-11/h3-5,8-9,19H,2,6-7,10,16H2,1H3/t15-/m1/s1. The molecule has 1 fully saturated rings. The van der Waals surface area contributed by atoms with Crippen molar-refractivity contribution in [3.05, 3.63) is 36.0 Å². The van der Waals surface area contributed by atoms with Gasteiger partial charge in [0, 0.05) is 30.4 Å². The first kappa shape index (κ1) is 13.1. The predicted molar refractivity (Wildman–Crippen MR) is 77.0 cm³/mol. The first-order valence-corrected chi connectivity index (χ1v) is 6.88. The number of rotatable bonds is 3. The third kappa shape index (κ3) is 2.30. The fraction of sp³-hybridized carbons (Fsp3) is 0.400. The summed E-state index contributed by atoms with van der Waals surface area (Å²) in [4.78, 5) is 2.20. The first-order chi connectivity index (χ1) is 9.60. The summed E-state index contributed by atoms with van der Waals surface area (Å²) in [5.41, 5.74) is 7.02. The van der Waals surface area contributed by atoms with Crippen LogP contribution in [0.25, 0.3) is 11.3 Å². The van der Waals surface area contributed by atoms with Gasteiger partial charge in [0.15, 0.2) is 5.76 Å². The second-order valence-corrected chi connectivity index (χ2v) is 5.35. The molecular weight excluding hydrogens is 254 g/mol. The summed E-state index contributed by atoms with van der Waals surface area (Å²) in [6, 6.07) is 9.26. The van der Waals surface area contributed by atoms with Gasteiger partial charge in [0.1, 0.15) is 11.3 Å². The number of nitrogens with two attached hydrogens (primary N) is 1. The third-order valence-corrected chi connectivity index (χ3v) is 3.93. The minimum Gasteiger partial charge on any atom is -0.399 e. The highest BCUT2D eigenvalue weighted by Crippen LogP contribution is 2.33. The maximum atomic E-state index is 10.7. The lowest BCUT2D eigenvalue weighted by Gasteiger charge is -2.19.